The van der Waals surface area contributed by atoms with Crippen molar-refractivity contribution >= 4 is 5.91 Å². The highest BCUT2D eigenvalue weighted by Crippen LogP contribution is 2.15. The van der Waals surface area contributed by atoms with Crippen molar-refractivity contribution in [1.29, 1.82) is 0 Å². The normalized spacial score (nSPS) is 15.5. The van der Waals surface area contributed by atoms with Crippen LogP contribution >= 0.6 is 0 Å². The summed E-state index contributed by atoms with van der Waals surface area (Å²) in [5.74, 6) is -0.668. The number of amides is 1. The molecular formula is C17H20FN3O2. The maximum atomic E-state index is 14.2. The minimum atomic E-state index is -0.415. The van der Waals surface area contributed by atoms with E-state index in [0.29, 0.717) is 17.8 Å². The van der Waals surface area contributed by atoms with E-state index in [1.165, 1.54) is 6.07 Å². The zero-order valence-corrected chi connectivity index (χ0v) is 12.9. The predicted molar refractivity (Wildman–Crippen MR) is 85.3 cm³/mol. The van der Waals surface area contributed by atoms with Gasteiger partial charge in [0.2, 0.25) is 0 Å². The number of rotatable bonds is 5. The standard InChI is InChI=1S/C17H20FN3O2/c18-15-13-14(3-4-16(15)21-6-1-2-7-21)17(22)19-5-8-20-9-11-23-12-10-20/h1-4,6-7,13H,5,8-12H2,(H,19,22). The Morgan fingerprint density at radius 3 is 2.65 bits per heavy atom. The maximum Gasteiger partial charge on any atom is 0.251 e. The molecule has 0 radical (unpaired) electrons. The Kier molecular flexibility index (Phi) is 5.05. The van der Waals surface area contributed by atoms with Gasteiger partial charge in [0.15, 0.2) is 0 Å². The lowest BCUT2D eigenvalue weighted by Gasteiger charge is -2.26. The average molecular weight is 317 g/mol. The van der Waals surface area contributed by atoms with E-state index in [1.54, 1.807) is 29.1 Å². The maximum absolute atomic E-state index is 14.2. The van der Waals surface area contributed by atoms with Crippen LogP contribution in [-0.4, -0.2) is 54.8 Å². The van der Waals surface area contributed by atoms with Crippen LogP contribution in [0.3, 0.4) is 0 Å². The number of benzene rings is 1. The second-order valence-corrected chi connectivity index (χ2v) is 5.47. The molecule has 1 aliphatic heterocycles. The fourth-order valence-electron chi connectivity index (χ4n) is 2.61. The minimum Gasteiger partial charge on any atom is -0.379 e. The highest BCUT2D eigenvalue weighted by atomic mass is 19.1. The Morgan fingerprint density at radius 2 is 1.96 bits per heavy atom. The van der Waals surface area contributed by atoms with Gasteiger partial charge in [-0.25, -0.2) is 4.39 Å². The third kappa shape index (κ3) is 3.97. The molecule has 1 aromatic heterocycles. The molecule has 1 amide bonds. The van der Waals surface area contributed by atoms with Gasteiger partial charge in [-0.1, -0.05) is 0 Å². The van der Waals surface area contributed by atoms with Gasteiger partial charge in [0.25, 0.3) is 5.91 Å². The summed E-state index contributed by atoms with van der Waals surface area (Å²) in [4.78, 5) is 14.3. The predicted octanol–water partition coefficient (Wildman–Crippen LogP) is 1.68. The Morgan fingerprint density at radius 1 is 1.22 bits per heavy atom. The van der Waals surface area contributed by atoms with Gasteiger partial charge >= 0.3 is 0 Å². The van der Waals surface area contributed by atoms with Crippen molar-refractivity contribution < 1.29 is 13.9 Å². The van der Waals surface area contributed by atoms with Crippen LogP contribution < -0.4 is 5.32 Å². The monoisotopic (exact) mass is 317 g/mol. The molecule has 1 fully saturated rings. The van der Waals surface area contributed by atoms with Crippen molar-refractivity contribution in [2.24, 2.45) is 0 Å². The first-order chi connectivity index (χ1) is 11.2. The highest BCUT2D eigenvalue weighted by molar-refractivity contribution is 5.94. The molecule has 0 spiro atoms. The second-order valence-electron chi connectivity index (χ2n) is 5.47. The second kappa shape index (κ2) is 7.39. The van der Waals surface area contributed by atoms with Gasteiger partial charge in [0.05, 0.1) is 18.9 Å². The van der Waals surface area contributed by atoms with Crippen LogP contribution in [0.4, 0.5) is 4.39 Å². The fraction of sp³-hybridized carbons (Fsp3) is 0.353. The van der Waals surface area contributed by atoms with Crippen molar-refractivity contribution in [2.75, 3.05) is 39.4 Å². The van der Waals surface area contributed by atoms with E-state index in [1.807, 2.05) is 12.1 Å². The average Bonchev–Trinajstić information content (AvgIpc) is 3.10. The Hall–Kier alpha value is -2.18. The number of halogens is 1. The summed E-state index contributed by atoms with van der Waals surface area (Å²) in [6.45, 7) is 4.56. The lowest BCUT2D eigenvalue weighted by Crippen LogP contribution is -2.41. The summed E-state index contributed by atoms with van der Waals surface area (Å²) >= 11 is 0. The van der Waals surface area contributed by atoms with Crippen LogP contribution in [0.2, 0.25) is 0 Å². The van der Waals surface area contributed by atoms with Crippen molar-refractivity contribution in [3.8, 4) is 5.69 Å². The van der Waals surface area contributed by atoms with Crippen LogP contribution in [0.15, 0.2) is 42.7 Å². The van der Waals surface area contributed by atoms with Crippen molar-refractivity contribution in [3.05, 3.63) is 54.1 Å². The molecule has 122 valence electrons. The van der Waals surface area contributed by atoms with Crippen LogP contribution in [0.25, 0.3) is 5.69 Å². The van der Waals surface area contributed by atoms with Crippen molar-refractivity contribution in [1.82, 2.24) is 14.8 Å². The molecule has 1 aliphatic rings. The molecule has 5 nitrogen and oxygen atoms in total. The molecule has 0 unspecified atom stereocenters. The number of nitrogens with one attached hydrogen (secondary N) is 1. The third-order valence-electron chi connectivity index (χ3n) is 3.91. The zero-order chi connectivity index (χ0) is 16.1. The van der Waals surface area contributed by atoms with Gasteiger partial charge < -0.3 is 14.6 Å². The largest absolute Gasteiger partial charge is 0.379 e. The summed E-state index contributed by atoms with van der Waals surface area (Å²) < 4.78 is 21.1. The summed E-state index contributed by atoms with van der Waals surface area (Å²) in [5.41, 5.74) is 0.764. The Balaban J connectivity index is 1.56. The van der Waals surface area contributed by atoms with Crippen LogP contribution in [0, 0.1) is 5.82 Å². The third-order valence-corrected chi connectivity index (χ3v) is 3.91. The molecule has 1 saturated heterocycles. The zero-order valence-electron chi connectivity index (χ0n) is 12.9. The number of carbonyl (C=O) groups is 1. The summed E-state index contributed by atoms with van der Waals surface area (Å²) in [6, 6.07) is 8.19. The molecule has 3 rings (SSSR count). The van der Waals surface area contributed by atoms with E-state index < -0.39 is 5.82 Å². The van der Waals surface area contributed by atoms with E-state index in [2.05, 4.69) is 10.2 Å². The van der Waals surface area contributed by atoms with E-state index in [0.717, 1.165) is 32.8 Å². The Labute approximate surface area is 134 Å². The van der Waals surface area contributed by atoms with Crippen molar-refractivity contribution in [3.63, 3.8) is 0 Å². The lowest BCUT2D eigenvalue weighted by molar-refractivity contribution is 0.0383. The number of hydrogen-bond acceptors (Lipinski definition) is 3. The van der Waals surface area contributed by atoms with Gasteiger partial charge in [-0.05, 0) is 30.3 Å². The first-order valence-electron chi connectivity index (χ1n) is 7.75. The first-order valence-corrected chi connectivity index (χ1v) is 7.75. The SMILES string of the molecule is O=C(NCCN1CCOCC1)c1ccc(-n2cccc2)c(F)c1. The molecule has 2 aromatic rings. The van der Waals surface area contributed by atoms with Crippen LogP contribution in [0.5, 0.6) is 0 Å². The van der Waals surface area contributed by atoms with E-state index in [4.69, 9.17) is 4.74 Å². The smallest absolute Gasteiger partial charge is 0.251 e. The number of nitrogens with zero attached hydrogens (tertiary/aromatic N) is 2. The molecule has 1 aromatic carbocycles. The number of aromatic nitrogens is 1. The van der Waals surface area contributed by atoms with E-state index in [-0.39, 0.29) is 5.91 Å². The molecule has 0 bridgehead atoms. The number of morpholine rings is 1. The van der Waals surface area contributed by atoms with Crippen molar-refractivity contribution in [2.45, 2.75) is 0 Å². The van der Waals surface area contributed by atoms with Gasteiger partial charge in [0.1, 0.15) is 5.82 Å². The molecule has 0 atom stereocenters. The van der Waals surface area contributed by atoms with Gasteiger partial charge in [-0.15, -0.1) is 0 Å². The van der Waals surface area contributed by atoms with E-state index in [9.17, 15) is 9.18 Å². The summed E-state index contributed by atoms with van der Waals surface area (Å²) in [5, 5.41) is 2.83. The quantitative estimate of drug-likeness (QED) is 0.913. The first kappa shape index (κ1) is 15.7. The molecular weight excluding hydrogens is 297 g/mol. The lowest BCUT2D eigenvalue weighted by atomic mass is 10.2. The van der Waals surface area contributed by atoms with Gasteiger partial charge in [-0.3, -0.25) is 9.69 Å². The molecule has 1 N–H and O–H groups in total. The van der Waals surface area contributed by atoms with Crippen LogP contribution in [0.1, 0.15) is 10.4 Å². The Bertz CT molecular complexity index is 652. The molecule has 23 heavy (non-hydrogen) atoms. The van der Waals surface area contributed by atoms with E-state index >= 15 is 0 Å². The minimum absolute atomic E-state index is 0.254. The molecule has 6 heteroatoms. The summed E-state index contributed by atoms with van der Waals surface area (Å²) in [7, 11) is 0. The summed E-state index contributed by atoms with van der Waals surface area (Å²) in [6.07, 6.45) is 3.53. The van der Waals surface area contributed by atoms with Gasteiger partial charge in [0, 0.05) is 44.1 Å². The molecule has 0 aliphatic carbocycles. The number of carbonyl (C=O) groups excluding carboxylic acids is 1. The molecule has 2 heterocycles. The highest BCUT2D eigenvalue weighted by Gasteiger charge is 2.12. The number of ether oxygens (including phenoxy) is 1. The number of hydrogen-bond donors (Lipinski definition) is 1. The van der Waals surface area contributed by atoms with Gasteiger partial charge in [-0.2, -0.15) is 0 Å². The molecule has 0 saturated carbocycles. The van der Waals surface area contributed by atoms with Crippen LogP contribution in [-0.2, 0) is 4.74 Å². The fourth-order valence-corrected chi connectivity index (χ4v) is 2.61. The topological polar surface area (TPSA) is 46.5 Å².